The number of ether oxygens (including phenoxy) is 6. The van der Waals surface area contributed by atoms with Crippen LogP contribution in [-0.4, -0.2) is 44.7 Å². The number of hydrogen-bond donors (Lipinski definition) is 0. The van der Waals surface area contributed by atoms with Crippen molar-refractivity contribution in [3.8, 4) is 40.6 Å². The zero-order valence-corrected chi connectivity index (χ0v) is 23.5. The van der Waals surface area contributed by atoms with Gasteiger partial charge in [0.1, 0.15) is 0 Å². The highest BCUT2D eigenvalue weighted by Gasteiger charge is 2.42. The molecule has 0 aliphatic carbocycles. The van der Waals surface area contributed by atoms with Crippen LogP contribution in [0.2, 0.25) is 0 Å². The summed E-state index contributed by atoms with van der Waals surface area (Å²) in [5.41, 5.74) is -0.424. The summed E-state index contributed by atoms with van der Waals surface area (Å²) in [6, 6.07) is 10.6. The fourth-order valence-electron chi connectivity index (χ4n) is 5.04. The highest BCUT2D eigenvalue weighted by Crippen LogP contribution is 2.53. The molecule has 10 heteroatoms. The summed E-state index contributed by atoms with van der Waals surface area (Å²) in [5, 5.41) is 22.6. The molecule has 212 valence electrons. The molecule has 0 saturated heterocycles. The van der Waals surface area contributed by atoms with Crippen molar-refractivity contribution in [2.45, 2.75) is 71.1 Å². The highest BCUT2D eigenvalue weighted by molar-refractivity contribution is 5.65. The molecule has 0 spiro atoms. The van der Waals surface area contributed by atoms with Crippen molar-refractivity contribution in [2.75, 3.05) is 27.4 Å². The van der Waals surface area contributed by atoms with Gasteiger partial charge in [0, 0.05) is 16.9 Å². The Balaban J connectivity index is 1.89. The van der Waals surface area contributed by atoms with E-state index < -0.39 is 17.7 Å². The minimum Gasteiger partial charge on any atom is -0.490 e. The van der Waals surface area contributed by atoms with E-state index in [1.807, 2.05) is 39.8 Å². The minimum absolute atomic E-state index is 0.0952. The normalized spacial score (nSPS) is 14.8. The summed E-state index contributed by atoms with van der Waals surface area (Å²) in [7, 11) is 3.03. The van der Waals surface area contributed by atoms with Crippen molar-refractivity contribution in [1.82, 2.24) is 0 Å². The van der Waals surface area contributed by atoms with Gasteiger partial charge >= 0.3 is 0 Å². The van der Waals surface area contributed by atoms with E-state index in [0.29, 0.717) is 66.1 Å². The van der Waals surface area contributed by atoms with Gasteiger partial charge in [0.15, 0.2) is 23.0 Å². The number of nitrogens with zero attached hydrogens (tertiary/aromatic N) is 2. The van der Waals surface area contributed by atoms with Crippen molar-refractivity contribution in [1.29, 1.82) is 5.26 Å². The van der Waals surface area contributed by atoms with E-state index in [4.69, 9.17) is 28.4 Å². The van der Waals surface area contributed by atoms with Gasteiger partial charge < -0.3 is 28.4 Å². The molecule has 39 heavy (non-hydrogen) atoms. The molecule has 1 heterocycles. The molecule has 0 fully saturated rings. The summed E-state index contributed by atoms with van der Waals surface area (Å²) in [6.45, 7) is 8.34. The van der Waals surface area contributed by atoms with E-state index in [0.717, 1.165) is 0 Å². The Labute approximate surface area is 229 Å². The molecule has 2 aromatic carbocycles. The van der Waals surface area contributed by atoms with Crippen LogP contribution in [0.3, 0.4) is 0 Å². The maximum atomic E-state index is 12.0. The van der Waals surface area contributed by atoms with Crippen molar-refractivity contribution >= 4 is 0 Å². The molecule has 1 aliphatic heterocycles. The lowest BCUT2D eigenvalue weighted by atomic mass is 9.69. The molecular formula is C29H38N2O8. The van der Waals surface area contributed by atoms with Crippen LogP contribution in [0.15, 0.2) is 30.3 Å². The van der Waals surface area contributed by atoms with E-state index in [2.05, 4.69) is 6.07 Å². The van der Waals surface area contributed by atoms with Gasteiger partial charge in [0.2, 0.25) is 23.8 Å². The topological polar surface area (TPSA) is 122 Å². The number of hydrogen-bond acceptors (Lipinski definition) is 9. The quantitative estimate of drug-likeness (QED) is 0.199. The second-order valence-electron chi connectivity index (χ2n) is 9.60. The first-order valence-corrected chi connectivity index (χ1v) is 13.3. The van der Waals surface area contributed by atoms with Crippen LogP contribution in [0, 0.1) is 27.4 Å². The molecule has 0 N–H and O–H groups in total. The predicted octanol–water partition coefficient (Wildman–Crippen LogP) is 5.92. The van der Waals surface area contributed by atoms with Gasteiger partial charge in [-0.25, -0.2) is 0 Å². The third kappa shape index (κ3) is 6.24. The lowest BCUT2D eigenvalue weighted by molar-refractivity contribution is -0.527. The first-order valence-electron chi connectivity index (χ1n) is 13.3. The Morgan fingerprint density at radius 3 is 2.15 bits per heavy atom. The van der Waals surface area contributed by atoms with Gasteiger partial charge in [-0.2, -0.15) is 5.26 Å². The van der Waals surface area contributed by atoms with Gasteiger partial charge in [-0.05, 0) is 50.8 Å². The molecule has 2 unspecified atom stereocenters. The smallest absolute Gasteiger partial charge is 0.248 e. The number of methoxy groups -OCH3 is 2. The summed E-state index contributed by atoms with van der Waals surface area (Å²) in [6.07, 6.45) is 0.393. The Bertz CT molecular complexity index is 1150. The number of nitriles is 1. The monoisotopic (exact) mass is 542 g/mol. The average molecular weight is 543 g/mol. The molecule has 3 rings (SSSR count). The summed E-state index contributed by atoms with van der Waals surface area (Å²) in [4.78, 5) is 11.7. The SMILES string of the molecule is CCOc1cc(C(C#N)(CCCC(CC2Oc3ccccc3O2)[N+](=O)[O-])C(C)C)c(OCC)c(OC)c1OC. The zero-order chi connectivity index (χ0) is 28.6. The van der Waals surface area contributed by atoms with E-state index in [9.17, 15) is 15.4 Å². The van der Waals surface area contributed by atoms with Crippen LogP contribution in [-0.2, 0) is 5.41 Å². The maximum absolute atomic E-state index is 12.0. The summed E-state index contributed by atoms with van der Waals surface area (Å²) < 4.78 is 34.7. The van der Waals surface area contributed by atoms with E-state index in [1.165, 1.54) is 14.2 Å². The Kier molecular flexibility index (Phi) is 10.1. The molecule has 0 bridgehead atoms. The van der Waals surface area contributed by atoms with Crippen molar-refractivity contribution in [2.24, 2.45) is 5.92 Å². The lowest BCUT2D eigenvalue weighted by Crippen LogP contribution is -2.33. The molecule has 0 saturated carbocycles. The summed E-state index contributed by atoms with van der Waals surface area (Å²) in [5.74, 6) is 2.58. The second-order valence-corrected chi connectivity index (χ2v) is 9.60. The number of nitro groups is 1. The third-order valence-electron chi connectivity index (χ3n) is 7.06. The summed E-state index contributed by atoms with van der Waals surface area (Å²) >= 11 is 0. The van der Waals surface area contributed by atoms with Crippen LogP contribution < -0.4 is 28.4 Å². The maximum Gasteiger partial charge on any atom is 0.248 e. The molecule has 0 amide bonds. The first-order chi connectivity index (χ1) is 18.8. The van der Waals surface area contributed by atoms with Crippen LogP contribution in [0.5, 0.6) is 34.5 Å². The van der Waals surface area contributed by atoms with E-state index >= 15 is 0 Å². The van der Waals surface area contributed by atoms with E-state index in [1.54, 1.807) is 18.2 Å². The Morgan fingerprint density at radius 1 is 1.05 bits per heavy atom. The fraction of sp³-hybridized carbons (Fsp3) is 0.552. The van der Waals surface area contributed by atoms with Crippen LogP contribution in [0.4, 0.5) is 0 Å². The number of rotatable bonds is 15. The minimum atomic E-state index is -1.03. The van der Waals surface area contributed by atoms with Gasteiger partial charge in [-0.1, -0.05) is 26.0 Å². The first kappa shape index (κ1) is 29.7. The highest BCUT2D eigenvalue weighted by atomic mass is 16.7. The average Bonchev–Trinajstić information content (AvgIpc) is 3.33. The largest absolute Gasteiger partial charge is 0.490 e. The molecule has 0 aromatic heterocycles. The van der Waals surface area contributed by atoms with Crippen LogP contribution >= 0.6 is 0 Å². The van der Waals surface area contributed by atoms with Gasteiger partial charge in [-0.3, -0.25) is 10.1 Å². The molecule has 2 aromatic rings. The third-order valence-corrected chi connectivity index (χ3v) is 7.06. The molecule has 0 radical (unpaired) electrons. The lowest BCUT2D eigenvalue weighted by Gasteiger charge is -2.34. The molecule has 2 atom stereocenters. The zero-order valence-electron chi connectivity index (χ0n) is 23.5. The van der Waals surface area contributed by atoms with Gasteiger partial charge in [0.25, 0.3) is 0 Å². The Hall–Kier alpha value is -3.87. The van der Waals surface area contributed by atoms with Gasteiger partial charge in [-0.15, -0.1) is 0 Å². The Morgan fingerprint density at radius 2 is 1.67 bits per heavy atom. The number of fused-ring (bicyclic) bond motifs is 1. The van der Waals surface area contributed by atoms with Crippen LogP contribution in [0.25, 0.3) is 0 Å². The van der Waals surface area contributed by atoms with Gasteiger partial charge in [0.05, 0.1) is 45.3 Å². The van der Waals surface area contributed by atoms with Crippen molar-refractivity contribution in [3.05, 3.63) is 46.0 Å². The number of para-hydroxylation sites is 2. The molecular weight excluding hydrogens is 504 g/mol. The number of benzene rings is 2. The second kappa shape index (κ2) is 13.3. The molecule has 10 nitrogen and oxygen atoms in total. The fourth-order valence-corrected chi connectivity index (χ4v) is 5.04. The van der Waals surface area contributed by atoms with E-state index in [-0.39, 0.29) is 23.7 Å². The molecule has 1 aliphatic rings. The van der Waals surface area contributed by atoms with Crippen molar-refractivity contribution in [3.63, 3.8) is 0 Å². The van der Waals surface area contributed by atoms with Crippen LogP contribution in [0.1, 0.15) is 58.9 Å². The standard InChI is InChI=1S/C29H38N2O8/c1-7-36-24-17-21(26(37-8-2)28(35-6)27(24)34-5)29(18-30,19(3)4)15-11-12-20(31(32)33)16-25-38-22-13-9-10-14-23(22)39-25/h9-10,13-14,17,19-20,25H,7-8,11-12,15-16H2,1-6H3. The van der Waals surface area contributed by atoms with Crippen molar-refractivity contribution < 1.29 is 33.3 Å². The predicted molar refractivity (Wildman–Crippen MR) is 145 cm³/mol.